The van der Waals surface area contributed by atoms with E-state index in [1.54, 1.807) is 89.5 Å². The molecule has 0 radical (unpaired) electrons. The number of aliphatic hydroxyl groups is 6. The minimum absolute atomic E-state index is 0. The summed E-state index contributed by atoms with van der Waals surface area (Å²) >= 11 is 9.85. The van der Waals surface area contributed by atoms with Crippen LogP contribution in [0.1, 0.15) is 96.4 Å². The molecule has 2 saturated carbocycles. The Hall–Kier alpha value is -8.22. The molecule has 2 saturated heterocycles. The molecular weight excluding hydrogens is 1510 g/mol. The Morgan fingerprint density at radius 1 is 0.898 bits per heavy atom. The van der Waals surface area contributed by atoms with Crippen molar-refractivity contribution in [3.63, 3.8) is 0 Å². The monoisotopic (exact) mass is 1580 g/mol. The van der Waals surface area contributed by atoms with E-state index in [2.05, 4.69) is 50.2 Å². The molecule has 2 aliphatic heterocycles. The minimum Gasteiger partial charge on any atom is -0.456 e. The zero-order valence-corrected chi connectivity index (χ0v) is 57.6. The molecule has 1 amide bonds. The Kier molecular flexibility index (Phi) is 22.6. The van der Waals surface area contributed by atoms with Gasteiger partial charge in [0.1, 0.15) is 63.2 Å². The number of benzene rings is 2. The molecule has 14 atom stereocenters. The number of nitrogens with two attached hydrogens (primary N) is 2. The molecule has 15 N–H and O–H groups in total. The van der Waals surface area contributed by atoms with Crippen LogP contribution in [-0.2, 0) is 63.9 Å². The van der Waals surface area contributed by atoms with E-state index in [1.807, 2.05) is 0 Å². The van der Waals surface area contributed by atoms with Gasteiger partial charge in [-0.3, -0.25) is 14.2 Å². The van der Waals surface area contributed by atoms with Gasteiger partial charge in [0.15, 0.2) is 39.5 Å². The van der Waals surface area contributed by atoms with Crippen molar-refractivity contribution in [2.45, 2.75) is 152 Å². The molecule has 5 aliphatic rings. The first-order valence-electron chi connectivity index (χ1n) is 30.1. The van der Waals surface area contributed by atoms with E-state index in [9.17, 15) is 63.1 Å². The number of aliphatic hydroxyl groups excluding tert-OH is 5. The fourth-order valence-electron chi connectivity index (χ4n) is 12.9. The van der Waals surface area contributed by atoms with Gasteiger partial charge in [-0.05, 0) is 69.5 Å². The number of imidazole rings is 2. The number of nitrogens with one attached hydrogen (secondary N) is 5. The second-order valence-corrected chi connectivity index (χ2v) is 26.1. The number of ketones is 1. The van der Waals surface area contributed by atoms with Crippen molar-refractivity contribution in [1.29, 1.82) is 0 Å². The molecule has 12 rings (SSSR count). The van der Waals surface area contributed by atoms with Crippen molar-refractivity contribution in [3.8, 4) is 0 Å². The number of aromatic nitrogens is 10. The normalized spacial score (nSPS) is 27.8. The Morgan fingerprint density at radius 2 is 1.52 bits per heavy atom. The second kappa shape index (κ2) is 29.3. The fraction of sp³-hybridized carbons (Fsp3) is 0.468. The molecule has 7 aromatic rings. The maximum Gasteiger partial charge on any atom is 0.408 e. The summed E-state index contributed by atoms with van der Waals surface area (Å²) in [4.78, 5) is 111. The first kappa shape index (κ1) is 75.5. The largest absolute Gasteiger partial charge is 0.456 e. The molecule has 0 spiro atoms. The predicted molar refractivity (Wildman–Crippen MR) is 341 cm³/mol. The smallest absolute Gasteiger partial charge is 0.408 e. The molecule has 0 unspecified atom stereocenters. The third kappa shape index (κ3) is 14.6. The van der Waals surface area contributed by atoms with E-state index in [1.165, 1.54) is 38.6 Å². The van der Waals surface area contributed by atoms with E-state index in [-0.39, 0.29) is 62.6 Å². The molecule has 5 aromatic heterocycles. The topological polar surface area (TPSA) is 476 Å². The third-order valence-corrected chi connectivity index (χ3v) is 18.4. The number of aromatic amines is 4. The van der Waals surface area contributed by atoms with Crippen LogP contribution >= 0.6 is 24.4 Å². The van der Waals surface area contributed by atoms with Crippen LogP contribution in [0.25, 0.3) is 22.3 Å². The van der Waals surface area contributed by atoms with Crippen molar-refractivity contribution in [1.82, 2.24) is 54.7 Å². The Morgan fingerprint density at radius 3 is 2.10 bits per heavy atom. The van der Waals surface area contributed by atoms with Crippen LogP contribution in [0.4, 0.5) is 25.3 Å². The zero-order chi connectivity index (χ0) is 71.1. The quantitative estimate of drug-likeness (QED) is 0.0403. The number of fused-ring (bicyclic) bond motifs is 7. The molecule has 530 valence electrons. The molecule has 36 heteroatoms. The van der Waals surface area contributed by atoms with Crippen LogP contribution in [0.5, 0.6) is 0 Å². The third-order valence-electron chi connectivity index (χ3n) is 17.8. The number of rotatable bonds is 10. The van der Waals surface area contributed by atoms with Gasteiger partial charge in [-0.15, -0.1) is 0 Å². The first-order chi connectivity index (χ1) is 45.5. The number of alkyl halides is 2. The van der Waals surface area contributed by atoms with Crippen molar-refractivity contribution >= 4 is 88.3 Å². The second-order valence-electron chi connectivity index (χ2n) is 25.3. The Labute approximate surface area is 580 Å². The Balaban J connectivity index is 0.000000242. The minimum atomic E-state index is -3.71. The summed E-state index contributed by atoms with van der Waals surface area (Å²) in [6, 6.07) is 15.8. The summed E-state index contributed by atoms with van der Waals surface area (Å²) in [5.41, 5.74) is 4.27. The summed E-state index contributed by atoms with van der Waals surface area (Å²) in [6.45, 7) is 11.0. The van der Waals surface area contributed by atoms with Crippen molar-refractivity contribution in [2.24, 2.45) is 16.7 Å². The maximum absolute atomic E-state index is 14.9. The predicted octanol–water partition coefficient (Wildman–Crippen LogP) is 3.58. The van der Waals surface area contributed by atoms with Crippen molar-refractivity contribution in [2.75, 3.05) is 24.7 Å². The molecular formula is C62H73F2N13O18PtS2. The molecule has 31 nitrogen and oxygen atoms in total. The number of carbonyl (C=O) groups excluding carboxylic acids is 5. The number of ether oxygens (including phenoxy) is 6. The summed E-state index contributed by atoms with van der Waals surface area (Å²) in [7, 11) is 0. The van der Waals surface area contributed by atoms with Gasteiger partial charge in [0.2, 0.25) is 12.2 Å². The van der Waals surface area contributed by atoms with Crippen LogP contribution in [-0.4, -0.2) is 195 Å². The van der Waals surface area contributed by atoms with Crippen LogP contribution in [0.15, 0.2) is 108 Å². The number of nitrogens with zero attached hydrogens (tertiary/aromatic N) is 6. The van der Waals surface area contributed by atoms with E-state index in [0.717, 1.165) is 24.7 Å². The number of Topliss-reactive ketones (excluding diaryl/α,β-unsaturated/α-hetero) is 1. The first-order valence-corrected chi connectivity index (χ1v) is 30.9. The zero-order valence-electron chi connectivity index (χ0n) is 53.6. The van der Waals surface area contributed by atoms with Gasteiger partial charge < -0.3 is 95.8 Å². The standard InChI is InChI=1S/C43H53NO14.C9H11F2N3O4.C5H5N5S.C5H4N4S.Pt/c1-22-26(55-37(51)32(48)30(24-15-11-9-12-16-24)44-38(52)58-39(3,4)5)20-43(53)35(56-36(50)25-17-13-10-14-18-25)33-41(8,34(49)31(47)29(22)40(43,6)7)27(46)19-28-42(33,21-54-28)57-23(2)45;10-9(11)6(16)4(3-15)18-7(9)14-2-1-5(12)13-8(14)17;6-5-9-3-2(4(11)10-5)7-1-8-3;10-5-3-4(7-1-6-3)8-2-9-5;/h9-18,26-28,30-33,35,46-48,53H,19-21H2,1-8H3,(H,44,52);1-2,4,6-7,15-16H,3H2,(H2,12,13,17);1H,(H4,6,7,8,9,10,11);1-2H,(H2,6,7,8,9,10);/t26-,27-,28+,30-,31+,32+,33-,35-,41+,42-,43+;4-,6-,7-;;;/m01.../s1. The van der Waals surface area contributed by atoms with E-state index in [4.69, 9.17) is 69.4 Å². The average molecular weight is 1590 g/mol. The summed E-state index contributed by atoms with van der Waals surface area (Å²) < 4.78 is 63.3. The van der Waals surface area contributed by atoms with Gasteiger partial charge in [0.05, 0.1) is 61.2 Å². The van der Waals surface area contributed by atoms with Gasteiger partial charge in [-0.25, -0.2) is 39.1 Å². The van der Waals surface area contributed by atoms with E-state index < -0.39 is 149 Å². The Bertz CT molecular complexity index is 4310. The average Bonchev–Trinajstić information content (AvgIpc) is 0.880. The number of hydrogen-bond acceptors (Lipinski definition) is 27. The summed E-state index contributed by atoms with van der Waals surface area (Å²) in [5.74, 6) is -8.90. The molecule has 2 aromatic carbocycles. The van der Waals surface area contributed by atoms with Gasteiger partial charge in [-0.2, -0.15) is 13.8 Å². The van der Waals surface area contributed by atoms with Crippen LogP contribution in [0.3, 0.4) is 0 Å². The molecule has 4 fully saturated rings. The van der Waals surface area contributed by atoms with Crippen LogP contribution in [0.2, 0.25) is 0 Å². The van der Waals surface area contributed by atoms with Gasteiger partial charge in [-0.1, -0.05) is 86.8 Å². The van der Waals surface area contributed by atoms with Gasteiger partial charge in [0.25, 0.3) is 0 Å². The SMILES string of the molecule is CC(=O)O[C@@]12CO[C@@H]1C[C@H](O)[C@@]1(C)C(=O)[C@H](O)C3=C(C)[C@@H](OC(=O)[C@H](O)[C@@H](NC(=O)OC(C)(C)C)c4ccccc4)C[C@@](O)([C@@H](OC(=O)c4ccccc4)[C@H]21)C3(C)C.Nc1ccn([C@@H]2O[C@H](CO)[C@@H](O)C2(F)F)c(=O)n1.Nc1nc(=S)c2[nH]cnc2[nH]1.S=c1[nH]cnc2nc[nH]c12.[Pt]. The molecule has 3 aliphatic carbocycles. The molecule has 2 bridgehead atoms. The van der Waals surface area contributed by atoms with Crippen molar-refractivity contribution < 1.29 is 113 Å². The number of H-pyrrole nitrogens is 4. The number of halogens is 2. The number of carbonyl (C=O) groups is 5. The summed E-state index contributed by atoms with van der Waals surface area (Å²) in [6.07, 6.45) is -11.5. The number of amides is 1. The van der Waals surface area contributed by atoms with Gasteiger partial charge >= 0.3 is 35.6 Å². The molecule has 98 heavy (non-hydrogen) atoms. The summed E-state index contributed by atoms with van der Waals surface area (Å²) in [5, 5.41) is 69.7. The van der Waals surface area contributed by atoms with Gasteiger partial charge in [0, 0.05) is 52.4 Å². The number of nitrogen functional groups attached to an aromatic ring is 2. The number of hydrogen-bond donors (Lipinski definition) is 13. The molecule has 7 heterocycles. The number of alkyl carbamates (subject to hydrolysis) is 1. The number of anilines is 2. The van der Waals surface area contributed by atoms with E-state index >= 15 is 0 Å². The van der Waals surface area contributed by atoms with Crippen LogP contribution in [0, 0.1) is 26.0 Å². The fourth-order valence-corrected chi connectivity index (χ4v) is 13.4. The number of esters is 3. The maximum atomic E-state index is 14.9. The van der Waals surface area contributed by atoms with Crippen LogP contribution < -0.4 is 22.5 Å². The van der Waals surface area contributed by atoms with Crippen molar-refractivity contribution in [3.05, 3.63) is 134 Å². The van der Waals surface area contributed by atoms with E-state index in [0.29, 0.717) is 36.2 Å².